The monoisotopic (exact) mass is 424 g/mol. The number of nitrogens with one attached hydrogen (secondary N) is 2. The van der Waals surface area contributed by atoms with E-state index in [1.54, 1.807) is 13.8 Å². The molecule has 2 rings (SSSR count). The van der Waals surface area contributed by atoms with Crippen LogP contribution in [0.4, 0.5) is 20.2 Å². The summed E-state index contributed by atoms with van der Waals surface area (Å²) < 4.78 is 25.8. The highest BCUT2D eigenvalue weighted by molar-refractivity contribution is 5.95. The third kappa shape index (κ3) is 6.58. The topological polar surface area (TPSA) is 144 Å². The van der Waals surface area contributed by atoms with Gasteiger partial charge in [-0.2, -0.15) is 8.78 Å². The van der Waals surface area contributed by atoms with Crippen molar-refractivity contribution < 1.29 is 28.2 Å². The number of halogens is 2. The lowest BCUT2D eigenvalue weighted by Crippen LogP contribution is -2.22. The molecule has 2 amide bonds. The molecule has 0 aliphatic rings. The van der Waals surface area contributed by atoms with Crippen molar-refractivity contribution in [3.63, 3.8) is 0 Å². The van der Waals surface area contributed by atoms with Crippen LogP contribution >= 0.6 is 0 Å². The van der Waals surface area contributed by atoms with Crippen LogP contribution in [0.15, 0.2) is 36.4 Å². The van der Waals surface area contributed by atoms with Crippen LogP contribution in [-0.4, -0.2) is 34.8 Å². The quantitative estimate of drug-likeness (QED) is 0.539. The number of rotatable bonds is 6. The number of nitrogens with zero attached hydrogens (tertiary/aromatic N) is 2. The van der Waals surface area contributed by atoms with Crippen molar-refractivity contribution >= 4 is 23.2 Å². The Bertz CT molecular complexity index is 890. The molecule has 2 aromatic rings. The normalized spacial score (nSPS) is 9.73. The first-order chi connectivity index (χ1) is 14.1. The molecule has 0 fully saturated rings. The molecule has 30 heavy (non-hydrogen) atoms. The minimum absolute atomic E-state index is 0.0740. The van der Waals surface area contributed by atoms with Crippen LogP contribution in [0, 0.1) is 31.9 Å². The predicted octanol–water partition coefficient (Wildman–Crippen LogP) is 2.97. The van der Waals surface area contributed by atoms with Crippen LogP contribution in [-0.2, 0) is 0 Å². The molecule has 0 saturated heterocycles. The van der Waals surface area contributed by atoms with E-state index in [9.17, 15) is 38.6 Å². The van der Waals surface area contributed by atoms with Crippen molar-refractivity contribution in [3.8, 4) is 0 Å². The van der Waals surface area contributed by atoms with Gasteiger partial charge in [-0.1, -0.05) is 0 Å². The highest BCUT2D eigenvalue weighted by atomic mass is 19.1. The van der Waals surface area contributed by atoms with Gasteiger partial charge in [0.15, 0.2) is 0 Å². The summed E-state index contributed by atoms with van der Waals surface area (Å²) in [7, 11) is 0. The first-order valence-corrected chi connectivity index (χ1v) is 8.56. The van der Waals surface area contributed by atoms with Gasteiger partial charge in [-0.15, -0.1) is 0 Å². The maximum atomic E-state index is 12.9. The molecule has 0 heterocycles. The van der Waals surface area contributed by atoms with E-state index in [4.69, 9.17) is 0 Å². The standard InChI is InChI=1S/2C9H9FN2O3/c2*1-2-11-9(13)6-3-4-7(10)8(5-6)12(14)15/h2*3-5H,2H2,1H3,(H,11,13). The molecular formula is C18H18F2N4O6. The largest absolute Gasteiger partial charge is 0.352 e. The van der Waals surface area contributed by atoms with E-state index >= 15 is 0 Å². The van der Waals surface area contributed by atoms with Crippen molar-refractivity contribution in [2.24, 2.45) is 0 Å². The molecule has 0 saturated carbocycles. The fourth-order valence-corrected chi connectivity index (χ4v) is 2.11. The van der Waals surface area contributed by atoms with Crippen LogP contribution in [0.2, 0.25) is 0 Å². The summed E-state index contributed by atoms with van der Waals surface area (Å²) in [5.74, 6) is -2.82. The molecule has 10 nitrogen and oxygen atoms in total. The van der Waals surface area contributed by atoms with Crippen LogP contribution in [0.25, 0.3) is 0 Å². The first-order valence-electron chi connectivity index (χ1n) is 8.56. The summed E-state index contributed by atoms with van der Waals surface area (Å²) in [4.78, 5) is 41.6. The fourth-order valence-electron chi connectivity index (χ4n) is 2.11. The van der Waals surface area contributed by atoms with Gasteiger partial charge in [0.05, 0.1) is 9.85 Å². The minimum Gasteiger partial charge on any atom is -0.352 e. The Hall–Kier alpha value is -3.96. The Balaban J connectivity index is 0.000000300. The summed E-state index contributed by atoms with van der Waals surface area (Å²) in [6.45, 7) is 4.25. The van der Waals surface area contributed by atoms with E-state index in [-0.39, 0.29) is 11.1 Å². The second kappa shape index (κ2) is 11.1. The van der Waals surface area contributed by atoms with Gasteiger partial charge in [0, 0.05) is 36.3 Å². The van der Waals surface area contributed by atoms with Crippen molar-refractivity contribution in [2.75, 3.05) is 13.1 Å². The van der Waals surface area contributed by atoms with E-state index in [2.05, 4.69) is 10.6 Å². The van der Waals surface area contributed by atoms with Crippen LogP contribution in [0.5, 0.6) is 0 Å². The Kier molecular flexibility index (Phi) is 8.94. The zero-order valence-corrected chi connectivity index (χ0v) is 16.0. The average Bonchev–Trinajstić information content (AvgIpc) is 2.69. The van der Waals surface area contributed by atoms with Gasteiger partial charge in [0.2, 0.25) is 11.6 Å². The molecule has 0 unspecified atom stereocenters. The lowest BCUT2D eigenvalue weighted by Gasteiger charge is -2.01. The second-order valence-corrected chi connectivity index (χ2v) is 5.57. The summed E-state index contributed by atoms with van der Waals surface area (Å²) >= 11 is 0. The zero-order valence-electron chi connectivity index (χ0n) is 16.0. The van der Waals surface area contributed by atoms with Crippen LogP contribution in [0.3, 0.4) is 0 Å². The third-order valence-corrected chi connectivity index (χ3v) is 3.48. The lowest BCUT2D eigenvalue weighted by atomic mass is 10.2. The predicted molar refractivity (Wildman–Crippen MR) is 102 cm³/mol. The van der Waals surface area contributed by atoms with Crippen LogP contribution in [0.1, 0.15) is 34.6 Å². The van der Waals surface area contributed by atoms with Gasteiger partial charge >= 0.3 is 11.4 Å². The van der Waals surface area contributed by atoms with Crippen molar-refractivity contribution in [1.29, 1.82) is 0 Å². The molecule has 0 bridgehead atoms. The molecular weight excluding hydrogens is 406 g/mol. The molecule has 0 aromatic heterocycles. The third-order valence-electron chi connectivity index (χ3n) is 3.48. The zero-order chi connectivity index (χ0) is 22.8. The SMILES string of the molecule is CCNC(=O)c1ccc(F)c([N+](=O)[O-])c1.CCNC(=O)c1ccc(F)c([N+](=O)[O-])c1. The van der Waals surface area contributed by atoms with Gasteiger partial charge in [0.25, 0.3) is 11.8 Å². The Morgan fingerprint density at radius 3 is 1.40 bits per heavy atom. The number of nitro benzene ring substituents is 2. The number of carbonyl (C=O) groups excluding carboxylic acids is 2. The van der Waals surface area contributed by atoms with Gasteiger partial charge in [-0.3, -0.25) is 29.8 Å². The van der Waals surface area contributed by atoms with E-state index in [1.165, 1.54) is 12.1 Å². The first kappa shape index (κ1) is 24.1. The Labute approximate surface area is 169 Å². The smallest absolute Gasteiger partial charge is 0.305 e. The minimum atomic E-state index is -0.951. The molecule has 2 aromatic carbocycles. The summed E-state index contributed by atoms with van der Waals surface area (Å²) in [6.07, 6.45) is 0. The highest BCUT2D eigenvalue weighted by Crippen LogP contribution is 2.19. The van der Waals surface area contributed by atoms with Crippen LogP contribution < -0.4 is 10.6 Å². The molecule has 0 aliphatic heterocycles. The van der Waals surface area contributed by atoms with E-state index in [1.807, 2.05) is 0 Å². The number of amides is 2. The van der Waals surface area contributed by atoms with Crippen molar-refractivity contribution in [3.05, 3.63) is 79.4 Å². The maximum Gasteiger partial charge on any atom is 0.305 e. The van der Waals surface area contributed by atoms with E-state index in [0.717, 1.165) is 24.3 Å². The summed E-state index contributed by atoms with van der Waals surface area (Å²) in [6, 6.07) is 6.05. The highest BCUT2D eigenvalue weighted by Gasteiger charge is 2.17. The Morgan fingerprint density at radius 1 is 0.800 bits per heavy atom. The molecule has 160 valence electrons. The molecule has 0 spiro atoms. The molecule has 0 atom stereocenters. The van der Waals surface area contributed by atoms with Crippen molar-refractivity contribution in [1.82, 2.24) is 10.6 Å². The number of carbonyl (C=O) groups is 2. The second-order valence-electron chi connectivity index (χ2n) is 5.57. The Morgan fingerprint density at radius 2 is 1.13 bits per heavy atom. The van der Waals surface area contributed by atoms with Gasteiger partial charge in [-0.05, 0) is 38.1 Å². The number of hydrogen-bond acceptors (Lipinski definition) is 6. The summed E-state index contributed by atoms with van der Waals surface area (Å²) in [5.41, 5.74) is -1.24. The number of nitro groups is 2. The number of benzene rings is 2. The van der Waals surface area contributed by atoms with Crippen molar-refractivity contribution in [2.45, 2.75) is 13.8 Å². The molecule has 0 radical (unpaired) electrons. The average molecular weight is 424 g/mol. The maximum absolute atomic E-state index is 12.9. The number of hydrogen-bond donors (Lipinski definition) is 2. The molecule has 2 N–H and O–H groups in total. The lowest BCUT2D eigenvalue weighted by molar-refractivity contribution is -0.387. The van der Waals surface area contributed by atoms with E-state index < -0.39 is 44.7 Å². The fraction of sp³-hybridized carbons (Fsp3) is 0.222. The van der Waals surface area contributed by atoms with E-state index in [0.29, 0.717) is 13.1 Å². The van der Waals surface area contributed by atoms with Gasteiger partial charge < -0.3 is 10.6 Å². The van der Waals surface area contributed by atoms with Gasteiger partial charge in [0.1, 0.15) is 0 Å². The molecule has 12 heteroatoms. The molecule has 0 aliphatic carbocycles. The summed E-state index contributed by atoms with van der Waals surface area (Å²) in [5, 5.41) is 25.7. The van der Waals surface area contributed by atoms with Gasteiger partial charge in [-0.25, -0.2) is 0 Å².